The minimum absolute atomic E-state index is 0.0367. The van der Waals surface area contributed by atoms with Crippen molar-refractivity contribution in [3.63, 3.8) is 0 Å². The average Bonchev–Trinajstić information content (AvgIpc) is 3.34. The molecule has 1 N–H and O–H groups in total. The second kappa shape index (κ2) is 9.40. The van der Waals surface area contributed by atoms with Crippen LogP contribution in [0.5, 0.6) is 0 Å². The van der Waals surface area contributed by atoms with Gasteiger partial charge in [0.2, 0.25) is 5.91 Å². The van der Waals surface area contributed by atoms with E-state index in [9.17, 15) is 9.59 Å². The van der Waals surface area contributed by atoms with Crippen molar-refractivity contribution in [1.82, 2.24) is 10.2 Å². The molecule has 0 radical (unpaired) electrons. The Balaban J connectivity index is 1.32. The molecule has 0 unspecified atom stereocenters. The molecular weight excluding hydrogens is 372 g/mol. The van der Waals surface area contributed by atoms with Crippen LogP contribution < -0.4 is 5.32 Å². The highest BCUT2D eigenvalue weighted by atomic mass is 32.2. The highest BCUT2D eigenvalue weighted by molar-refractivity contribution is 7.98. The first-order valence-corrected chi connectivity index (χ1v) is 11.4. The van der Waals surface area contributed by atoms with Crippen molar-refractivity contribution in [3.8, 4) is 0 Å². The molecule has 1 fully saturated rings. The molecule has 4 nitrogen and oxygen atoms in total. The van der Waals surface area contributed by atoms with Crippen molar-refractivity contribution in [2.24, 2.45) is 5.92 Å². The summed E-state index contributed by atoms with van der Waals surface area (Å²) in [6.45, 7) is 2.05. The molecule has 3 heterocycles. The van der Waals surface area contributed by atoms with Crippen molar-refractivity contribution < 1.29 is 9.59 Å². The van der Waals surface area contributed by atoms with E-state index in [1.54, 1.807) is 11.3 Å². The zero-order chi connectivity index (χ0) is 17.5. The third-order valence-electron chi connectivity index (χ3n) is 4.25. The molecule has 1 aliphatic rings. The molecule has 0 saturated carbocycles. The zero-order valence-corrected chi connectivity index (χ0v) is 16.4. The first-order valence-electron chi connectivity index (χ1n) is 8.44. The van der Waals surface area contributed by atoms with Gasteiger partial charge in [-0.3, -0.25) is 9.59 Å². The van der Waals surface area contributed by atoms with E-state index in [1.807, 2.05) is 34.2 Å². The number of hydrogen-bond acceptors (Lipinski definition) is 5. The number of nitrogens with one attached hydrogen (secondary N) is 1. The number of likely N-dealkylation sites (tertiary alicyclic amines) is 1. The number of nitrogens with zero attached hydrogens (tertiary/aromatic N) is 1. The molecule has 1 aliphatic heterocycles. The molecule has 0 aromatic carbocycles. The maximum absolute atomic E-state index is 12.3. The van der Waals surface area contributed by atoms with E-state index in [2.05, 4.69) is 22.8 Å². The lowest BCUT2D eigenvalue weighted by Gasteiger charge is -2.31. The molecule has 1 saturated heterocycles. The van der Waals surface area contributed by atoms with Crippen molar-refractivity contribution in [2.45, 2.75) is 18.6 Å². The van der Waals surface area contributed by atoms with Crippen molar-refractivity contribution in [1.29, 1.82) is 0 Å². The van der Waals surface area contributed by atoms with Gasteiger partial charge < -0.3 is 10.2 Å². The van der Waals surface area contributed by atoms with Crippen LogP contribution in [0.25, 0.3) is 0 Å². The van der Waals surface area contributed by atoms with Gasteiger partial charge in [-0.1, -0.05) is 12.1 Å². The van der Waals surface area contributed by atoms with Crippen LogP contribution in [0.3, 0.4) is 0 Å². The Hall–Kier alpha value is -1.31. The molecule has 3 rings (SSSR count). The van der Waals surface area contributed by atoms with Crippen LogP contribution in [0.1, 0.15) is 27.4 Å². The number of amides is 2. The lowest BCUT2D eigenvalue weighted by atomic mass is 9.96. The van der Waals surface area contributed by atoms with Gasteiger partial charge in [0.05, 0.1) is 4.88 Å². The second-order valence-corrected chi connectivity index (χ2v) is 9.05. The van der Waals surface area contributed by atoms with Crippen LogP contribution in [0, 0.1) is 5.92 Å². The SMILES string of the molecule is O=C(NCCSCc1cccs1)C1CCN(C(=O)c2cccs2)CC1. The summed E-state index contributed by atoms with van der Waals surface area (Å²) in [5, 5.41) is 7.06. The van der Waals surface area contributed by atoms with Crippen LogP contribution in [-0.2, 0) is 10.5 Å². The minimum atomic E-state index is 0.0367. The van der Waals surface area contributed by atoms with Crippen LogP contribution in [0.4, 0.5) is 0 Å². The second-order valence-electron chi connectivity index (χ2n) is 5.97. The normalized spacial score (nSPS) is 15.3. The molecule has 0 bridgehead atoms. The first kappa shape index (κ1) is 18.5. The van der Waals surface area contributed by atoms with E-state index < -0.39 is 0 Å². The molecule has 0 spiro atoms. The highest BCUT2D eigenvalue weighted by Gasteiger charge is 2.27. The van der Waals surface area contributed by atoms with E-state index in [4.69, 9.17) is 0 Å². The van der Waals surface area contributed by atoms with Gasteiger partial charge in [-0.05, 0) is 35.7 Å². The van der Waals surface area contributed by atoms with E-state index in [1.165, 1.54) is 16.2 Å². The Labute approximate surface area is 160 Å². The maximum atomic E-state index is 12.3. The summed E-state index contributed by atoms with van der Waals surface area (Å²) < 4.78 is 0. The number of thioether (sulfide) groups is 1. The summed E-state index contributed by atoms with van der Waals surface area (Å²) in [6, 6.07) is 7.97. The highest BCUT2D eigenvalue weighted by Crippen LogP contribution is 2.21. The smallest absolute Gasteiger partial charge is 0.263 e. The Kier molecular flexibility index (Phi) is 6.95. The average molecular weight is 395 g/mol. The summed E-state index contributed by atoms with van der Waals surface area (Å²) in [7, 11) is 0. The van der Waals surface area contributed by atoms with Crippen molar-refractivity contribution in [2.75, 3.05) is 25.4 Å². The molecule has 2 aromatic heterocycles. The largest absolute Gasteiger partial charge is 0.355 e. The Morgan fingerprint density at radius 2 is 1.92 bits per heavy atom. The number of thiophene rings is 2. The zero-order valence-electron chi connectivity index (χ0n) is 14.0. The summed E-state index contributed by atoms with van der Waals surface area (Å²) >= 11 is 5.09. The summed E-state index contributed by atoms with van der Waals surface area (Å²) in [4.78, 5) is 28.6. The van der Waals surface area contributed by atoms with Gasteiger partial charge in [0.15, 0.2) is 0 Å². The van der Waals surface area contributed by atoms with Gasteiger partial charge in [-0.15, -0.1) is 22.7 Å². The summed E-state index contributed by atoms with van der Waals surface area (Å²) in [6.07, 6.45) is 1.51. The fourth-order valence-corrected chi connectivity index (χ4v) is 5.25. The molecule has 25 heavy (non-hydrogen) atoms. The summed E-state index contributed by atoms with van der Waals surface area (Å²) in [5.41, 5.74) is 0. The Morgan fingerprint density at radius 1 is 1.16 bits per heavy atom. The van der Waals surface area contributed by atoms with Crippen LogP contribution >= 0.6 is 34.4 Å². The number of rotatable bonds is 7. The third-order valence-corrected chi connectivity index (χ3v) is 7.18. The van der Waals surface area contributed by atoms with E-state index >= 15 is 0 Å². The molecule has 0 atom stereocenters. The number of carbonyl (C=O) groups is 2. The van der Waals surface area contributed by atoms with Gasteiger partial charge in [0.1, 0.15) is 0 Å². The van der Waals surface area contributed by atoms with Gasteiger partial charge in [0.25, 0.3) is 5.91 Å². The van der Waals surface area contributed by atoms with Crippen LogP contribution in [0.2, 0.25) is 0 Å². The fourth-order valence-electron chi connectivity index (χ4n) is 2.86. The molecule has 0 aliphatic carbocycles. The number of carbonyl (C=O) groups excluding carboxylic acids is 2. The predicted molar refractivity (Wildman–Crippen MR) is 106 cm³/mol. The minimum Gasteiger partial charge on any atom is -0.355 e. The van der Waals surface area contributed by atoms with Gasteiger partial charge in [0, 0.05) is 41.9 Å². The van der Waals surface area contributed by atoms with Gasteiger partial charge in [-0.2, -0.15) is 11.8 Å². The first-order chi connectivity index (χ1) is 12.2. The van der Waals surface area contributed by atoms with Crippen LogP contribution in [0.15, 0.2) is 35.0 Å². The third kappa shape index (κ3) is 5.33. The lowest BCUT2D eigenvalue weighted by molar-refractivity contribution is -0.126. The number of piperidine rings is 1. The Morgan fingerprint density at radius 3 is 2.60 bits per heavy atom. The van der Waals surface area contributed by atoms with Gasteiger partial charge >= 0.3 is 0 Å². The molecule has 2 amide bonds. The topological polar surface area (TPSA) is 49.4 Å². The van der Waals surface area contributed by atoms with Gasteiger partial charge in [-0.25, -0.2) is 0 Å². The molecule has 134 valence electrons. The van der Waals surface area contributed by atoms with E-state index in [-0.39, 0.29) is 17.7 Å². The number of hydrogen-bond donors (Lipinski definition) is 1. The maximum Gasteiger partial charge on any atom is 0.263 e. The quantitative estimate of drug-likeness (QED) is 0.728. The van der Waals surface area contributed by atoms with Crippen molar-refractivity contribution in [3.05, 3.63) is 44.8 Å². The predicted octanol–water partition coefficient (Wildman–Crippen LogP) is 3.71. The van der Waals surface area contributed by atoms with E-state index in [0.717, 1.165) is 29.2 Å². The Bertz CT molecular complexity index is 663. The molecular formula is C18H22N2O2S3. The molecule has 7 heteroatoms. The summed E-state index contributed by atoms with van der Waals surface area (Å²) in [5.74, 6) is 2.21. The molecule has 2 aromatic rings. The standard InChI is InChI=1S/C18H22N2O2S3/c21-17(19-7-12-23-13-15-3-1-10-24-15)14-5-8-20(9-6-14)18(22)16-4-2-11-25-16/h1-4,10-11,14H,5-9,12-13H2,(H,19,21). The van der Waals surface area contributed by atoms with Crippen molar-refractivity contribution >= 4 is 46.2 Å². The van der Waals surface area contributed by atoms with Crippen LogP contribution in [-0.4, -0.2) is 42.1 Å². The fraction of sp³-hybridized carbons (Fsp3) is 0.444. The lowest BCUT2D eigenvalue weighted by Crippen LogP contribution is -2.43. The monoisotopic (exact) mass is 394 g/mol. The van der Waals surface area contributed by atoms with E-state index in [0.29, 0.717) is 19.6 Å².